The maximum Gasteiger partial charge on any atom is 0.242 e. The highest BCUT2D eigenvalue weighted by Gasteiger charge is 2.23. The fourth-order valence-electron chi connectivity index (χ4n) is 3.38. The quantitative estimate of drug-likeness (QED) is 0.942. The van der Waals surface area contributed by atoms with Crippen LogP contribution in [-0.4, -0.2) is 38.6 Å². The van der Waals surface area contributed by atoms with Gasteiger partial charge in [0.2, 0.25) is 5.91 Å². The molecular formula is C19H27N3O2. The van der Waals surface area contributed by atoms with Gasteiger partial charge in [0.1, 0.15) is 18.5 Å². The van der Waals surface area contributed by atoms with Crippen molar-refractivity contribution in [3.8, 4) is 0 Å². The van der Waals surface area contributed by atoms with E-state index in [2.05, 4.69) is 31.8 Å². The van der Waals surface area contributed by atoms with E-state index in [1.165, 1.54) is 11.1 Å². The summed E-state index contributed by atoms with van der Waals surface area (Å²) in [6.45, 7) is 9.95. The first-order valence-electron chi connectivity index (χ1n) is 8.80. The van der Waals surface area contributed by atoms with Crippen LogP contribution in [0.2, 0.25) is 0 Å². The first kappa shape index (κ1) is 17.0. The Labute approximate surface area is 143 Å². The lowest BCUT2D eigenvalue weighted by atomic mass is 9.99. The highest BCUT2D eigenvalue weighted by molar-refractivity contribution is 5.82. The minimum absolute atomic E-state index is 0.112. The highest BCUT2D eigenvalue weighted by atomic mass is 16.3. The van der Waals surface area contributed by atoms with Gasteiger partial charge < -0.3 is 14.6 Å². The van der Waals surface area contributed by atoms with Crippen LogP contribution in [-0.2, 0) is 11.3 Å². The molecule has 1 aliphatic rings. The summed E-state index contributed by atoms with van der Waals surface area (Å²) in [4.78, 5) is 19.2. The van der Waals surface area contributed by atoms with Gasteiger partial charge in [0.15, 0.2) is 0 Å². The van der Waals surface area contributed by atoms with E-state index in [4.69, 9.17) is 0 Å². The number of aliphatic hydroxyl groups is 1. The van der Waals surface area contributed by atoms with Gasteiger partial charge in [-0.2, -0.15) is 0 Å². The molecule has 2 heterocycles. The second-order valence-electron chi connectivity index (χ2n) is 7.22. The van der Waals surface area contributed by atoms with Crippen molar-refractivity contribution in [1.82, 2.24) is 14.5 Å². The summed E-state index contributed by atoms with van der Waals surface area (Å²) < 4.78 is 1.88. The molecule has 1 N–H and O–H groups in total. The SMILES string of the molecule is Cc1cc2nc(C(C)O)n(CC(=O)N3CCC(C)CC3)c2cc1C. The molecule has 0 radical (unpaired) electrons. The Balaban J connectivity index is 1.93. The van der Waals surface area contributed by atoms with Crippen LogP contribution in [0.4, 0.5) is 0 Å². The number of fused-ring (bicyclic) bond motifs is 1. The Bertz CT molecular complexity index is 756. The minimum Gasteiger partial charge on any atom is -0.385 e. The molecule has 1 fully saturated rings. The number of nitrogens with zero attached hydrogens (tertiary/aromatic N) is 3. The average Bonchev–Trinajstić information content (AvgIpc) is 2.86. The zero-order chi connectivity index (χ0) is 17.4. The molecule has 2 aromatic rings. The standard InChI is InChI=1S/C19H27N3O2/c1-12-5-7-21(8-6-12)18(24)11-22-17-10-14(3)13(2)9-16(17)20-19(22)15(4)23/h9-10,12,15,23H,5-8,11H2,1-4H3. The van der Waals surface area contributed by atoms with Gasteiger partial charge in [0, 0.05) is 13.1 Å². The van der Waals surface area contributed by atoms with E-state index >= 15 is 0 Å². The van der Waals surface area contributed by atoms with Crippen LogP contribution in [0.5, 0.6) is 0 Å². The molecule has 3 rings (SSSR count). The van der Waals surface area contributed by atoms with Crippen molar-refractivity contribution in [3.05, 3.63) is 29.1 Å². The van der Waals surface area contributed by atoms with Gasteiger partial charge in [-0.05, 0) is 62.8 Å². The van der Waals surface area contributed by atoms with E-state index in [0.717, 1.165) is 37.0 Å². The van der Waals surface area contributed by atoms with E-state index < -0.39 is 6.10 Å². The van der Waals surface area contributed by atoms with Gasteiger partial charge in [0.05, 0.1) is 11.0 Å². The van der Waals surface area contributed by atoms with E-state index in [9.17, 15) is 9.90 Å². The lowest BCUT2D eigenvalue weighted by Gasteiger charge is -2.30. The normalized spacial score (nSPS) is 17.5. The van der Waals surface area contributed by atoms with Crippen LogP contribution in [0.1, 0.15) is 49.7 Å². The summed E-state index contributed by atoms with van der Waals surface area (Å²) in [6.07, 6.45) is 1.43. The van der Waals surface area contributed by atoms with Crippen molar-refractivity contribution in [2.75, 3.05) is 13.1 Å². The van der Waals surface area contributed by atoms with Gasteiger partial charge in [-0.15, -0.1) is 0 Å². The Hall–Kier alpha value is -1.88. The molecule has 0 aliphatic carbocycles. The van der Waals surface area contributed by atoms with Crippen LogP contribution in [0.15, 0.2) is 12.1 Å². The zero-order valence-electron chi connectivity index (χ0n) is 15.0. The summed E-state index contributed by atoms with van der Waals surface area (Å²) >= 11 is 0. The first-order valence-corrected chi connectivity index (χ1v) is 8.80. The molecule has 24 heavy (non-hydrogen) atoms. The Morgan fingerprint density at radius 2 is 1.92 bits per heavy atom. The first-order chi connectivity index (χ1) is 11.4. The Morgan fingerprint density at radius 1 is 1.29 bits per heavy atom. The van der Waals surface area contributed by atoms with Crippen LogP contribution >= 0.6 is 0 Å². The fraction of sp³-hybridized carbons (Fsp3) is 0.579. The number of rotatable bonds is 3. The van der Waals surface area contributed by atoms with Crippen LogP contribution < -0.4 is 0 Å². The number of benzene rings is 1. The molecule has 130 valence electrons. The maximum atomic E-state index is 12.7. The molecule has 1 aromatic heterocycles. The molecule has 0 bridgehead atoms. The third-order valence-corrected chi connectivity index (χ3v) is 5.20. The van der Waals surface area contributed by atoms with E-state index in [0.29, 0.717) is 11.7 Å². The Kier molecular flexibility index (Phi) is 4.63. The number of aryl methyl sites for hydroxylation is 2. The smallest absolute Gasteiger partial charge is 0.242 e. The number of carbonyl (C=O) groups excluding carboxylic acids is 1. The number of likely N-dealkylation sites (tertiary alicyclic amines) is 1. The van der Waals surface area contributed by atoms with Crippen molar-refractivity contribution in [3.63, 3.8) is 0 Å². The van der Waals surface area contributed by atoms with Gasteiger partial charge in [0.25, 0.3) is 0 Å². The summed E-state index contributed by atoms with van der Waals surface area (Å²) in [5.74, 6) is 1.37. The molecule has 1 atom stereocenters. The van der Waals surface area contributed by atoms with Crippen molar-refractivity contribution in [2.45, 2.75) is 53.2 Å². The molecule has 1 saturated heterocycles. The lowest BCUT2D eigenvalue weighted by Crippen LogP contribution is -2.40. The zero-order valence-corrected chi connectivity index (χ0v) is 15.0. The molecule has 5 heteroatoms. The molecule has 1 aromatic carbocycles. The number of amides is 1. The van der Waals surface area contributed by atoms with Crippen LogP contribution in [0.3, 0.4) is 0 Å². The van der Waals surface area contributed by atoms with Crippen LogP contribution in [0, 0.1) is 19.8 Å². The molecule has 5 nitrogen and oxygen atoms in total. The van der Waals surface area contributed by atoms with E-state index in [1.54, 1.807) is 6.92 Å². The predicted octanol–water partition coefficient (Wildman–Crippen LogP) is 2.96. The second kappa shape index (κ2) is 6.55. The number of aromatic nitrogens is 2. The van der Waals surface area contributed by atoms with Crippen molar-refractivity contribution < 1.29 is 9.90 Å². The van der Waals surface area contributed by atoms with Crippen molar-refractivity contribution >= 4 is 16.9 Å². The van der Waals surface area contributed by atoms with Gasteiger partial charge >= 0.3 is 0 Å². The van der Waals surface area contributed by atoms with Crippen molar-refractivity contribution in [2.24, 2.45) is 5.92 Å². The number of hydrogen-bond donors (Lipinski definition) is 1. The topological polar surface area (TPSA) is 58.4 Å². The lowest BCUT2D eigenvalue weighted by molar-refractivity contribution is -0.133. The van der Waals surface area contributed by atoms with E-state index in [1.807, 2.05) is 15.5 Å². The summed E-state index contributed by atoms with van der Waals surface area (Å²) in [5, 5.41) is 10.1. The third-order valence-electron chi connectivity index (χ3n) is 5.20. The third kappa shape index (κ3) is 3.18. The fourth-order valence-corrected chi connectivity index (χ4v) is 3.38. The highest BCUT2D eigenvalue weighted by Crippen LogP contribution is 2.25. The largest absolute Gasteiger partial charge is 0.385 e. The summed E-state index contributed by atoms with van der Waals surface area (Å²) in [5.41, 5.74) is 4.10. The number of aliphatic hydroxyl groups excluding tert-OH is 1. The molecule has 0 saturated carbocycles. The number of imidazole rings is 1. The van der Waals surface area contributed by atoms with Crippen molar-refractivity contribution in [1.29, 1.82) is 0 Å². The predicted molar refractivity (Wildman–Crippen MR) is 94.8 cm³/mol. The molecule has 1 amide bonds. The van der Waals surface area contributed by atoms with Gasteiger partial charge in [-0.1, -0.05) is 6.92 Å². The maximum absolute atomic E-state index is 12.7. The van der Waals surface area contributed by atoms with Crippen LogP contribution in [0.25, 0.3) is 11.0 Å². The molecule has 1 aliphatic heterocycles. The van der Waals surface area contributed by atoms with Gasteiger partial charge in [-0.25, -0.2) is 4.98 Å². The summed E-state index contributed by atoms with van der Waals surface area (Å²) in [6, 6.07) is 4.09. The summed E-state index contributed by atoms with van der Waals surface area (Å²) in [7, 11) is 0. The molecule has 1 unspecified atom stereocenters. The van der Waals surface area contributed by atoms with Gasteiger partial charge in [-0.3, -0.25) is 4.79 Å². The molecule has 0 spiro atoms. The number of hydrogen-bond acceptors (Lipinski definition) is 3. The number of piperidine rings is 1. The minimum atomic E-state index is -0.702. The monoisotopic (exact) mass is 329 g/mol. The second-order valence-corrected chi connectivity index (χ2v) is 7.22. The number of carbonyl (C=O) groups is 1. The Morgan fingerprint density at radius 3 is 2.54 bits per heavy atom. The van der Waals surface area contributed by atoms with E-state index in [-0.39, 0.29) is 12.5 Å². The molecular weight excluding hydrogens is 302 g/mol. The average molecular weight is 329 g/mol.